The number of carbonyl (C=O) groups is 1. The highest BCUT2D eigenvalue weighted by atomic mass is 32.2. The van der Waals surface area contributed by atoms with E-state index in [4.69, 9.17) is 9.47 Å². The predicted octanol–water partition coefficient (Wildman–Crippen LogP) is 4.10. The number of ether oxygens (including phenoxy) is 2. The molecule has 0 aliphatic carbocycles. The number of hydrogen-bond acceptors (Lipinski definition) is 5. The number of methoxy groups -OCH3 is 1. The highest BCUT2D eigenvalue weighted by Gasteiger charge is 2.33. The van der Waals surface area contributed by atoms with Crippen LogP contribution < -0.4 is 4.74 Å². The van der Waals surface area contributed by atoms with Gasteiger partial charge in [0.05, 0.1) is 18.2 Å². The molecule has 2 rings (SSSR count). The average Bonchev–Trinajstić information content (AvgIpc) is 2.71. The zero-order valence-corrected chi connectivity index (χ0v) is 17.5. The number of hydrogen-bond donors (Lipinski definition) is 0. The lowest BCUT2D eigenvalue weighted by molar-refractivity contribution is -0.138. The minimum Gasteiger partial charge on any atom is -0.495 e. The van der Waals surface area contributed by atoms with Crippen molar-refractivity contribution in [1.82, 2.24) is 4.31 Å². The summed E-state index contributed by atoms with van der Waals surface area (Å²) in [6.45, 7) is 3.15. The highest BCUT2D eigenvalue weighted by molar-refractivity contribution is 7.89. The van der Waals surface area contributed by atoms with Gasteiger partial charge < -0.3 is 9.47 Å². The van der Waals surface area contributed by atoms with E-state index in [9.17, 15) is 26.4 Å². The van der Waals surface area contributed by atoms with Gasteiger partial charge in [0.2, 0.25) is 10.0 Å². The summed E-state index contributed by atoms with van der Waals surface area (Å²) in [6.07, 6.45) is -4.59. The molecule has 0 amide bonds. The van der Waals surface area contributed by atoms with Crippen molar-refractivity contribution in [1.29, 1.82) is 0 Å². The lowest BCUT2D eigenvalue weighted by Crippen LogP contribution is -2.31. The molecule has 0 bridgehead atoms. The minimum atomic E-state index is -4.59. The van der Waals surface area contributed by atoms with Crippen LogP contribution in [0.5, 0.6) is 5.75 Å². The van der Waals surface area contributed by atoms with Crippen LogP contribution in [0.25, 0.3) is 0 Å². The smallest absolute Gasteiger partial charge is 0.416 e. The summed E-state index contributed by atoms with van der Waals surface area (Å²) in [5.41, 5.74) is -1.23. The number of halogens is 3. The van der Waals surface area contributed by atoms with Gasteiger partial charge in [-0.1, -0.05) is 32.0 Å². The fourth-order valence-corrected chi connectivity index (χ4v) is 4.50. The highest BCUT2D eigenvalue weighted by Crippen LogP contribution is 2.32. The second kappa shape index (κ2) is 9.48. The third-order valence-electron chi connectivity index (χ3n) is 4.40. The van der Waals surface area contributed by atoms with E-state index in [1.807, 2.05) is 0 Å². The lowest BCUT2D eigenvalue weighted by Gasteiger charge is -2.20. The molecule has 0 aliphatic rings. The molecule has 0 fully saturated rings. The summed E-state index contributed by atoms with van der Waals surface area (Å²) >= 11 is 0. The van der Waals surface area contributed by atoms with Gasteiger partial charge in [0, 0.05) is 18.7 Å². The first-order valence-corrected chi connectivity index (χ1v) is 10.5. The maximum Gasteiger partial charge on any atom is 0.416 e. The number of benzene rings is 2. The second-order valence-corrected chi connectivity index (χ2v) is 8.09. The summed E-state index contributed by atoms with van der Waals surface area (Å²) < 4.78 is 76.3. The summed E-state index contributed by atoms with van der Waals surface area (Å²) in [6, 6.07) is 8.44. The standard InChI is InChI=1S/C20H22F3NO5S/c1-4-24(5-2)30(26,27)18-12-14(10-11-17(18)28-3)19(25)29-13-15-8-6-7-9-16(15)20(21,22)23/h6-12H,4-5,13H2,1-3H3. The second-order valence-electron chi connectivity index (χ2n) is 6.19. The lowest BCUT2D eigenvalue weighted by atomic mass is 10.1. The molecule has 0 radical (unpaired) electrons. The number of esters is 1. The number of nitrogens with zero attached hydrogens (tertiary/aromatic N) is 1. The predicted molar refractivity (Wildman–Crippen MR) is 104 cm³/mol. The molecule has 6 nitrogen and oxygen atoms in total. The van der Waals surface area contributed by atoms with E-state index in [2.05, 4.69) is 0 Å². The van der Waals surface area contributed by atoms with E-state index in [1.54, 1.807) is 13.8 Å². The molecule has 30 heavy (non-hydrogen) atoms. The van der Waals surface area contributed by atoms with E-state index in [-0.39, 0.29) is 34.9 Å². The van der Waals surface area contributed by atoms with Crippen LogP contribution in [0, 0.1) is 0 Å². The first-order valence-electron chi connectivity index (χ1n) is 9.06. The zero-order chi connectivity index (χ0) is 22.5. The molecule has 0 atom stereocenters. The van der Waals surface area contributed by atoms with Gasteiger partial charge in [-0.05, 0) is 24.3 Å². The monoisotopic (exact) mass is 445 g/mol. The van der Waals surface area contributed by atoms with Crippen molar-refractivity contribution >= 4 is 16.0 Å². The van der Waals surface area contributed by atoms with Crippen LogP contribution >= 0.6 is 0 Å². The Morgan fingerprint density at radius 2 is 1.70 bits per heavy atom. The molecular weight excluding hydrogens is 423 g/mol. The van der Waals surface area contributed by atoms with Crippen LogP contribution in [-0.4, -0.2) is 38.9 Å². The van der Waals surface area contributed by atoms with Gasteiger partial charge in [-0.2, -0.15) is 17.5 Å². The van der Waals surface area contributed by atoms with E-state index < -0.39 is 34.3 Å². The first-order chi connectivity index (χ1) is 14.1. The fraction of sp³-hybridized carbons (Fsp3) is 0.350. The molecule has 2 aromatic rings. The Hall–Kier alpha value is -2.59. The molecule has 10 heteroatoms. The van der Waals surface area contributed by atoms with Crippen LogP contribution in [0.15, 0.2) is 47.4 Å². The average molecular weight is 445 g/mol. The van der Waals surface area contributed by atoms with Crippen LogP contribution in [0.4, 0.5) is 13.2 Å². The van der Waals surface area contributed by atoms with Crippen molar-refractivity contribution < 1.29 is 35.9 Å². The topological polar surface area (TPSA) is 72.9 Å². The minimum absolute atomic E-state index is 0.0425. The quantitative estimate of drug-likeness (QED) is 0.572. The maximum atomic E-state index is 13.1. The SMILES string of the molecule is CCN(CC)S(=O)(=O)c1cc(C(=O)OCc2ccccc2C(F)(F)F)ccc1OC. The summed E-state index contributed by atoms with van der Waals surface area (Å²) in [5, 5.41) is 0. The fourth-order valence-electron chi connectivity index (χ4n) is 2.86. The number of alkyl halides is 3. The third-order valence-corrected chi connectivity index (χ3v) is 6.48. The Bertz CT molecular complexity index is 1000. The Balaban J connectivity index is 2.32. The molecule has 2 aromatic carbocycles. The van der Waals surface area contributed by atoms with E-state index in [1.165, 1.54) is 41.7 Å². The summed E-state index contributed by atoms with van der Waals surface area (Å²) in [4.78, 5) is 12.2. The molecule has 0 unspecified atom stereocenters. The van der Waals surface area contributed by atoms with Crippen molar-refractivity contribution in [3.63, 3.8) is 0 Å². The Morgan fingerprint density at radius 3 is 2.27 bits per heavy atom. The van der Waals surface area contributed by atoms with Gasteiger partial charge in [0.15, 0.2) is 0 Å². The van der Waals surface area contributed by atoms with Gasteiger partial charge in [0.25, 0.3) is 0 Å². The third kappa shape index (κ3) is 5.11. The Morgan fingerprint density at radius 1 is 1.07 bits per heavy atom. The summed E-state index contributed by atoms with van der Waals surface area (Å²) in [5.74, 6) is -0.911. The van der Waals surface area contributed by atoms with Crippen molar-refractivity contribution in [3.8, 4) is 5.75 Å². The van der Waals surface area contributed by atoms with Crippen LogP contribution in [0.2, 0.25) is 0 Å². The number of carbonyl (C=O) groups excluding carboxylic acids is 1. The van der Waals surface area contributed by atoms with Gasteiger partial charge in [-0.3, -0.25) is 0 Å². The molecule has 0 aromatic heterocycles. The van der Waals surface area contributed by atoms with Gasteiger partial charge in [-0.15, -0.1) is 0 Å². The molecule has 0 N–H and O–H groups in total. The molecule has 0 saturated heterocycles. The van der Waals surface area contributed by atoms with Gasteiger partial charge >= 0.3 is 12.1 Å². The number of rotatable bonds is 8. The molecule has 0 saturated carbocycles. The van der Waals surface area contributed by atoms with Crippen LogP contribution in [0.1, 0.15) is 35.3 Å². The van der Waals surface area contributed by atoms with E-state index >= 15 is 0 Å². The van der Waals surface area contributed by atoms with Crippen LogP contribution in [-0.2, 0) is 27.5 Å². The number of sulfonamides is 1. The molecule has 0 aliphatic heterocycles. The normalized spacial score (nSPS) is 12.1. The van der Waals surface area contributed by atoms with Crippen molar-refractivity contribution in [2.45, 2.75) is 31.5 Å². The van der Waals surface area contributed by atoms with Gasteiger partial charge in [-0.25, -0.2) is 13.2 Å². The molecule has 0 spiro atoms. The summed E-state index contributed by atoms with van der Waals surface area (Å²) in [7, 11) is -2.65. The maximum absolute atomic E-state index is 13.1. The molecular formula is C20H22F3NO5S. The van der Waals surface area contributed by atoms with Crippen molar-refractivity contribution in [2.24, 2.45) is 0 Å². The molecule has 164 valence electrons. The first kappa shape index (κ1) is 23.7. The van der Waals surface area contributed by atoms with Gasteiger partial charge in [0.1, 0.15) is 17.3 Å². The Labute approximate surface area is 173 Å². The largest absolute Gasteiger partial charge is 0.495 e. The van der Waals surface area contributed by atoms with Crippen molar-refractivity contribution in [3.05, 3.63) is 59.2 Å². The Kier molecular flexibility index (Phi) is 7.49. The van der Waals surface area contributed by atoms with Crippen LogP contribution in [0.3, 0.4) is 0 Å². The zero-order valence-electron chi connectivity index (χ0n) is 16.7. The van der Waals surface area contributed by atoms with E-state index in [0.717, 1.165) is 12.1 Å². The van der Waals surface area contributed by atoms with E-state index in [0.29, 0.717) is 0 Å². The molecule has 0 heterocycles. The van der Waals surface area contributed by atoms with Crippen molar-refractivity contribution in [2.75, 3.05) is 20.2 Å².